The van der Waals surface area contributed by atoms with Crippen LogP contribution >= 0.6 is 0 Å². The van der Waals surface area contributed by atoms with E-state index in [1.54, 1.807) is 6.08 Å². The third kappa shape index (κ3) is 1.72. The topological polar surface area (TPSA) is 35.5 Å². The summed E-state index contributed by atoms with van der Waals surface area (Å²) in [5.74, 6) is 0.633. The molecular weight excluding hydrogens is 236 g/mol. The summed E-state index contributed by atoms with van der Waals surface area (Å²) in [6, 6.07) is 0. The molecule has 5 heteroatoms. The molecule has 3 nitrogen and oxygen atoms in total. The maximum Gasteiger partial charge on any atom is 0.256 e. The predicted octanol–water partition coefficient (Wildman–Crippen LogP) is 2.30. The van der Waals surface area contributed by atoms with Crippen molar-refractivity contribution in [2.75, 3.05) is 6.61 Å². The van der Waals surface area contributed by atoms with E-state index in [1.165, 1.54) is 0 Å². The van der Waals surface area contributed by atoms with E-state index in [-0.39, 0.29) is 5.78 Å². The van der Waals surface area contributed by atoms with Crippen LogP contribution in [0.25, 0.3) is 0 Å². The zero-order chi connectivity index (χ0) is 12.1. The first-order valence-corrected chi connectivity index (χ1v) is 11.5. The average Bonchev–Trinajstić information content (AvgIpc) is 2.47. The molecule has 1 heterocycles. The van der Waals surface area contributed by atoms with E-state index in [0.717, 1.165) is 10.4 Å². The number of hydrogen-bond donors (Lipinski definition) is 0. The molecule has 1 aliphatic heterocycles. The Morgan fingerprint density at radius 1 is 1.38 bits per heavy atom. The molecule has 0 saturated carbocycles. The summed E-state index contributed by atoms with van der Waals surface area (Å²) in [6.45, 7) is 11.1. The van der Waals surface area contributed by atoms with Crippen molar-refractivity contribution in [3.63, 3.8) is 0 Å². The van der Waals surface area contributed by atoms with Crippen LogP contribution in [-0.2, 0) is 13.6 Å². The molecule has 0 aromatic rings. The first-order valence-electron chi connectivity index (χ1n) is 5.64. The summed E-state index contributed by atoms with van der Waals surface area (Å²) >= 11 is 0. The monoisotopic (exact) mass is 254 g/mol. The molecule has 1 atom stereocenters. The fourth-order valence-corrected chi connectivity index (χ4v) is 6.38. The highest BCUT2D eigenvalue weighted by Gasteiger charge is 2.62. The number of carbonyl (C=O) groups is 1. The Bertz CT molecular complexity index is 417. The summed E-state index contributed by atoms with van der Waals surface area (Å²) in [6.07, 6.45) is 1.71. The molecule has 0 aromatic carbocycles. The molecule has 0 amide bonds. The second kappa shape index (κ2) is 3.42. The lowest BCUT2D eigenvalue weighted by molar-refractivity contribution is -0.113. The Morgan fingerprint density at radius 2 is 2.00 bits per heavy atom. The van der Waals surface area contributed by atoms with Crippen molar-refractivity contribution in [2.45, 2.75) is 33.1 Å². The van der Waals surface area contributed by atoms with Crippen molar-refractivity contribution in [2.24, 2.45) is 0 Å². The van der Waals surface area contributed by atoms with E-state index in [9.17, 15) is 4.79 Å². The SMILES string of the molecule is CCO[Si]1(C)C2=CC(=O)C(O[Si](C)(C)C)=C21. The highest BCUT2D eigenvalue weighted by Crippen LogP contribution is 2.53. The third-order valence-electron chi connectivity index (χ3n) is 2.77. The van der Waals surface area contributed by atoms with Gasteiger partial charge >= 0.3 is 0 Å². The van der Waals surface area contributed by atoms with Crippen LogP contribution in [0, 0.1) is 0 Å². The molecule has 1 fully saturated rings. The smallest absolute Gasteiger partial charge is 0.256 e. The molecule has 0 bridgehead atoms. The van der Waals surface area contributed by atoms with E-state index in [0.29, 0.717) is 12.4 Å². The zero-order valence-electron chi connectivity index (χ0n) is 10.5. The van der Waals surface area contributed by atoms with Gasteiger partial charge in [-0.15, -0.1) is 0 Å². The lowest BCUT2D eigenvalue weighted by Crippen LogP contribution is -2.28. The molecule has 1 saturated heterocycles. The van der Waals surface area contributed by atoms with Crippen LogP contribution in [0.15, 0.2) is 22.2 Å². The van der Waals surface area contributed by atoms with E-state index < -0.39 is 16.6 Å². The maximum absolute atomic E-state index is 11.7. The van der Waals surface area contributed by atoms with Gasteiger partial charge in [-0.2, -0.15) is 0 Å². The number of rotatable bonds is 4. The van der Waals surface area contributed by atoms with Crippen LogP contribution < -0.4 is 0 Å². The maximum atomic E-state index is 11.7. The van der Waals surface area contributed by atoms with Gasteiger partial charge in [0.1, 0.15) is 0 Å². The summed E-state index contributed by atoms with van der Waals surface area (Å²) in [4.78, 5) is 11.7. The molecule has 88 valence electrons. The molecule has 2 rings (SSSR count). The van der Waals surface area contributed by atoms with Crippen LogP contribution in [0.2, 0.25) is 26.2 Å². The van der Waals surface area contributed by atoms with Gasteiger partial charge in [0.25, 0.3) is 8.32 Å². The van der Waals surface area contributed by atoms with Crippen LogP contribution in [0.3, 0.4) is 0 Å². The second-order valence-electron chi connectivity index (χ2n) is 5.31. The fraction of sp³-hybridized carbons (Fsp3) is 0.545. The van der Waals surface area contributed by atoms with Crippen LogP contribution in [0.1, 0.15) is 6.92 Å². The van der Waals surface area contributed by atoms with Gasteiger partial charge in [0.2, 0.25) is 14.1 Å². The number of carbonyl (C=O) groups excluding carboxylic acids is 1. The van der Waals surface area contributed by atoms with Crippen molar-refractivity contribution in [1.29, 1.82) is 0 Å². The van der Waals surface area contributed by atoms with Gasteiger partial charge in [0, 0.05) is 11.8 Å². The first kappa shape index (κ1) is 11.8. The van der Waals surface area contributed by atoms with Crippen LogP contribution in [0.4, 0.5) is 0 Å². The number of ketones is 1. The summed E-state index contributed by atoms with van der Waals surface area (Å²) in [5, 5.41) is 2.26. The Morgan fingerprint density at radius 3 is 2.50 bits per heavy atom. The number of fused-ring (bicyclic) bond motifs is 1. The zero-order valence-corrected chi connectivity index (χ0v) is 12.5. The second-order valence-corrected chi connectivity index (χ2v) is 13.1. The van der Waals surface area contributed by atoms with Gasteiger partial charge in [0.15, 0.2) is 5.76 Å². The quantitative estimate of drug-likeness (QED) is 0.722. The summed E-state index contributed by atoms with van der Waals surface area (Å²) in [5.41, 5.74) is 0. The van der Waals surface area contributed by atoms with Gasteiger partial charge in [0.05, 0.1) is 0 Å². The Labute approximate surface area is 98.4 Å². The largest absolute Gasteiger partial charge is 0.542 e. The van der Waals surface area contributed by atoms with Crippen LogP contribution in [-0.4, -0.2) is 29.0 Å². The molecule has 16 heavy (non-hydrogen) atoms. The fourth-order valence-electron chi connectivity index (χ4n) is 2.10. The van der Waals surface area contributed by atoms with Crippen molar-refractivity contribution in [3.05, 3.63) is 22.2 Å². The minimum atomic E-state index is -1.84. The van der Waals surface area contributed by atoms with Crippen molar-refractivity contribution >= 4 is 22.4 Å². The standard InChI is InChI=1S/C11H18O3Si2/c1-6-13-16(5)9-7-8(12)10(11(9)16)14-15(2,3)4/h7H,6H2,1-5H3. The van der Waals surface area contributed by atoms with Crippen molar-refractivity contribution < 1.29 is 13.6 Å². The van der Waals surface area contributed by atoms with Crippen molar-refractivity contribution in [1.82, 2.24) is 0 Å². The van der Waals surface area contributed by atoms with Gasteiger partial charge in [-0.1, -0.05) is 0 Å². The number of hydrogen-bond acceptors (Lipinski definition) is 3. The third-order valence-corrected chi connectivity index (χ3v) is 7.07. The Kier molecular flexibility index (Phi) is 2.52. The molecular formula is C11H18O3Si2. The van der Waals surface area contributed by atoms with E-state index in [2.05, 4.69) is 26.2 Å². The van der Waals surface area contributed by atoms with Gasteiger partial charge in [-0.25, -0.2) is 0 Å². The van der Waals surface area contributed by atoms with Gasteiger partial charge < -0.3 is 8.85 Å². The summed E-state index contributed by atoms with van der Waals surface area (Å²) < 4.78 is 11.7. The molecule has 1 unspecified atom stereocenters. The molecule has 0 radical (unpaired) electrons. The highest BCUT2D eigenvalue weighted by atomic mass is 28.4. The predicted molar refractivity (Wildman–Crippen MR) is 67.8 cm³/mol. The molecule has 0 N–H and O–H groups in total. The normalized spacial score (nSPS) is 28.1. The van der Waals surface area contributed by atoms with Crippen LogP contribution in [0.5, 0.6) is 0 Å². The lowest BCUT2D eigenvalue weighted by Gasteiger charge is -2.20. The first-order chi connectivity index (χ1) is 7.29. The van der Waals surface area contributed by atoms with Crippen molar-refractivity contribution in [3.8, 4) is 0 Å². The minimum absolute atomic E-state index is 0.0390. The van der Waals surface area contributed by atoms with E-state index in [4.69, 9.17) is 8.85 Å². The number of allylic oxidation sites excluding steroid dienone is 3. The molecule has 0 spiro atoms. The summed E-state index contributed by atoms with van der Waals surface area (Å²) in [7, 11) is -3.55. The average molecular weight is 254 g/mol. The van der Waals surface area contributed by atoms with E-state index >= 15 is 0 Å². The van der Waals surface area contributed by atoms with Gasteiger partial charge in [-0.3, -0.25) is 4.79 Å². The molecule has 0 aromatic heterocycles. The lowest BCUT2D eigenvalue weighted by atomic mass is 10.4. The highest BCUT2D eigenvalue weighted by molar-refractivity contribution is 7.03. The Balaban J connectivity index is 2.26. The molecule has 2 aliphatic rings. The Hall–Kier alpha value is -0.656. The van der Waals surface area contributed by atoms with Gasteiger partial charge in [-0.05, 0) is 44.4 Å². The minimum Gasteiger partial charge on any atom is -0.542 e. The van der Waals surface area contributed by atoms with E-state index in [1.807, 2.05) is 6.92 Å². The molecule has 1 aliphatic carbocycles.